The van der Waals surface area contributed by atoms with E-state index in [2.05, 4.69) is 57.4 Å². The van der Waals surface area contributed by atoms with Gasteiger partial charge in [-0.3, -0.25) is 9.59 Å². The first-order chi connectivity index (χ1) is 20.1. The molecule has 4 fully saturated rings. The Balaban J connectivity index is 1.21. The van der Waals surface area contributed by atoms with Crippen molar-refractivity contribution in [3.8, 4) is 0 Å². The van der Waals surface area contributed by atoms with Crippen molar-refractivity contribution in [2.24, 2.45) is 23.2 Å². The quantitative estimate of drug-likeness (QED) is 0.383. The van der Waals surface area contributed by atoms with Crippen LogP contribution in [0.4, 0.5) is 0 Å². The van der Waals surface area contributed by atoms with Crippen LogP contribution >= 0.6 is 0 Å². The summed E-state index contributed by atoms with van der Waals surface area (Å²) in [5.41, 5.74) is 3.24. The van der Waals surface area contributed by atoms with E-state index in [1.807, 2.05) is 42.5 Å². The Kier molecular flexibility index (Phi) is 8.03. The fourth-order valence-electron chi connectivity index (χ4n) is 8.46. The van der Waals surface area contributed by atoms with Crippen molar-refractivity contribution >= 4 is 18.9 Å². The molecule has 7 rings (SSSR count). The van der Waals surface area contributed by atoms with E-state index in [-0.39, 0.29) is 40.8 Å². The van der Waals surface area contributed by atoms with Gasteiger partial charge in [-0.2, -0.15) is 0 Å². The second-order valence-corrected chi connectivity index (χ2v) is 14.5. The molecule has 0 spiro atoms. The molecular formula is C35H47BN2O4. The first-order valence-corrected chi connectivity index (χ1v) is 16.1. The first-order valence-electron chi connectivity index (χ1n) is 16.1. The van der Waals surface area contributed by atoms with Crippen LogP contribution in [0.15, 0.2) is 54.6 Å². The van der Waals surface area contributed by atoms with Crippen molar-refractivity contribution in [3.05, 3.63) is 71.3 Å². The van der Waals surface area contributed by atoms with E-state index in [0.717, 1.165) is 43.2 Å². The highest BCUT2D eigenvalue weighted by Gasteiger charge is 2.68. The van der Waals surface area contributed by atoms with Crippen LogP contribution in [0.1, 0.15) is 89.3 Å². The van der Waals surface area contributed by atoms with Crippen LogP contribution in [0.5, 0.6) is 0 Å². The van der Waals surface area contributed by atoms with E-state index >= 15 is 0 Å². The number of nitrogens with one attached hydrogen (secondary N) is 2. The summed E-state index contributed by atoms with van der Waals surface area (Å²) in [6.07, 6.45) is 6.16. The number of benzene rings is 2. The topological polar surface area (TPSA) is 76.7 Å². The molecule has 6 nitrogen and oxygen atoms in total. The zero-order valence-electron chi connectivity index (χ0n) is 25.9. The van der Waals surface area contributed by atoms with E-state index in [4.69, 9.17) is 9.31 Å². The van der Waals surface area contributed by atoms with Crippen LogP contribution in [0.2, 0.25) is 0 Å². The molecule has 5 aliphatic rings. The fourth-order valence-corrected chi connectivity index (χ4v) is 8.46. The number of amides is 2. The molecule has 2 aromatic carbocycles. The number of hydrogen-bond acceptors (Lipinski definition) is 4. The van der Waals surface area contributed by atoms with Gasteiger partial charge in [-0.1, -0.05) is 82.3 Å². The van der Waals surface area contributed by atoms with Crippen molar-refractivity contribution in [2.75, 3.05) is 0 Å². The van der Waals surface area contributed by atoms with Crippen molar-refractivity contribution in [2.45, 2.75) is 109 Å². The highest BCUT2D eigenvalue weighted by atomic mass is 16.7. The highest BCUT2D eigenvalue weighted by Crippen LogP contribution is 2.65. The summed E-state index contributed by atoms with van der Waals surface area (Å²) in [4.78, 5) is 27.9. The molecule has 1 saturated heterocycles. The van der Waals surface area contributed by atoms with Crippen LogP contribution in [-0.2, 0) is 31.7 Å². The SMILES string of the molecule is CC(C)C[C@H](NC(=O)[C@H](Cc1ccccc1)NC(=O)[C@@H]1CCCc2ccccc21)B1O[C@@H]2C[C@@H]3C[C@@H](C3(C)C)[C@]2(C)O1. The van der Waals surface area contributed by atoms with E-state index in [9.17, 15) is 9.59 Å². The molecule has 0 aromatic heterocycles. The second kappa shape index (κ2) is 11.5. The maximum Gasteiger partial charge on any atom is 0.481 e. The van der Waals surface area contributed by atoms with E-state index in [0.29, 0.717) is 24.2 Å². The highest BCUT2D eigenvalue weighted by molar-refractivity contribution is 6.48. The van der Waals surface area contributed by atoms with Gasteiger partial charge in [0.15, 0.2) is 0 Å². The number of aryl methyl sites for hydroxylation is 1. The van der Waals surface area contributed by atoms with Gasteiger partial charge in [0.25, 0.3) is 0 Å². The molecule has 4 aliphatic carbocycles. The summed E-state index contributed by atoms with van der Waals surface area (Å²) in [5, 5.41) is 6.48. The third-order valence-corrected chi connectivity index (χ3v) is 11.0. The van der Waals surface area contributed by atoms with Crippen molar-refractivity contribution in [3.63, 3.8) is 0 Å². The summed E-state index contributed by atoms with van der Waals surface area (Å²) in [6, 6.07) is 17.4. The maximum absolute atomic E-state index is 14.1. The van der Waals surface area contributed by atoms with Crippen molar-refractivity contribution in [1.29, 1.82) is 0 Å². The van der Waals surface area contributed by atoms with Crippen molar-refractivity contribution < 1.29 is 18.9 Å². The Labute approximate surface area is 251 Å². The molecule has 7 heteroatoms. The minimum atomic E-state index is -0.699. The largest absolute Gasteiger partial charge is 0.481 e. The lowest BCUT2D eigenvalue weighted by Crippen LogP contribution is -2.65. The van der Waals surface area contributed by atoms with Crippen LogP contribution < -0.4 is 10.6 Å². The van der Waals surface area contributed by atoms with Gasteiger partial charge >= 0.3 is 7.12 Å². The number of carbonyl (C=O) groups is 2. The van der Waals surface area contributed by atoms with Crippen LogP contribution in [0.3, 0.4) is 0 Å². The second-order valence-electron chi connectivity index (χ2n) is 14.5. The van der Waals surface area contributed by atoms with Crippen LogP contribution in [-0.4, -0.2) is 42.6 Å². The van der Waals surface area contributed by atoms with Gasteiger partial charge < -0.3 is 19.9 Å². The Bertz CT molecular complexity index is 1300. The predicted molar refractivity (Wildman–Crippen MR) is 166 cm³/mol. The number of fused-ring (bicyclic) bond motifs is 1. The van der Waals surface area contributed by atoms with Gasteiger partial charge in [-0.25, -0.2) is 0 Å². The number of carbonyl (C=O) groups excluding carboxylic acids is 2. The van der Waals surface area contributed by atoms with E-state index < -0.39 is 13.2 Å². The molecule has 1 aliphatic heterocycles. The molecule has 2 bridgehead atoms. The molecule has 0 unspecified atom stereocenters. The summed E-state index contributed by atoms with van der Waals surface area (Å²) < 4.78 is 13.4. The minimum absolute atomic E-state index is 0.0528. The molecule has 7 atom stereocenters. The molecule has 2 N–H and O–H groups in total. The molecular weight excluding hydrogens is 523 g/mol. The molecule has 0 radical (unpaired) electrons. The van der Waals surface area contributed by atoms with Crippen molar-refractivity contribution in [1.82, 2.24) is 10.6 Å². The summed E-state index contributed by atoms with van der Waals surface area (Å²) in [6.45, 7) is 11.3. The smallest absolute Gasteiger partial charge is 0.404 e. The van der Waals surface area contributed by atoms with E-state index in [1.165, 1.54) is 12.0 Å². The summed E-state index contributed by atoms with van der Waals surface area (Å²) in [7, 11) is -0.500. The van der Waals surface area contributed by atoms with Gasteiger partial charge in [0.05, 0.1) is 23.6 Å². The molecule has 3 saturated carbocycles. The van der Waals surface area contributed by atoms with Gasteiger partial charge in [0.1, 0.15) is 6.04 Å². The lowest BCUT2D eigenvalue weighted by molar-refractivity contribution is -0.199. The Hall–Kier alpha value is -2.64. The molecule has 2 aromatic rings. The van der Waals surface area contributed by atoms with Gasteiger partial charge in [-0.05, 0) is 85.3 Å². The average Bonchev–Trinajstić information content (AvgIpc) is 3.33. The third-order valence-electron chi connectivity index (χ3n) is 11.0. The zero-order chi connectivity index (χ0) is 29.6. The van der Waals surface area contributed by atoms with Gasteiger partial charge in [-0.15, -0.1) is 0 Å². The van der Waals surface area contributed by atoms with E-state index in [1.54, 1.807) is 0 Å². The average molecular weight is 571 g/mol. The standard InChI is InChI=1S/C35H47BN2O4/c1-22(2)18-31(36-41-30-21-25-20-29(34(25,3)4)35(30,5)42-36)38-33(40)28(19-23-12-7-6-8-13-23)37-32(39)27-17-11-15-24-14-9-10-16-26(24)27/h6-10,12-14,16,22,25,27-31H,11,15,17-21H2,1-5H3,(H,37,39)(H,38,40)/t25-,27+,28-,29-,30+,31-,35-/m0/s1. The summed E-state index contributed by atoms with van der Waals surface area (Å²) >= 11 is 0. The number of rotatable bonds is 9. The van der Waals surface area contributed by atoms with Gasteiger partial charge in [0.2, 0.25) is 11.8 Å². The fraction of sp³-hybridized carbons (Fsp3) is 0.600. The predicted octanol–water partition coefficient (Wildman–Crippen LogP) is 5.63. The van der Waals surface area contributed by atoms with Gasteiger partial charge in [0, 0.05) is 6.42 Å². The lowest BCUT2D eigenvalue weighted by atomic mass is 9.43. The van der Waals surface area contributed by atoms with Crippen LogP contribution in [0.25, 0.3) is 0 Å². The molecule has 42 heavy (non-hydrogen) atoms. The lowest BCUT2D eigenvalue weighted by Gasteiger charge is -2.64. The van der Waals surface area contributed by atoms with Crippen LogP contribution in [0, 0.1) is 23.2 Å². The molecule has 2 amide bonds. The summed E-state index contributed by atoms with van der Waals surface area (Å²) in [5.74, 6) is 0.655. The molecule has 224 valence electrons. The Morgan fingerprint density at radius 1 is 1.00 bits per heavy atom. The minimum Gasteiger partial charge on any atom is -0.404 e. The normalized spacial score (nSPS) is 30.5. The third kappa shape index (κ3) is 5.43. The maximum atomic E-state index is 14.1. The zero-order valence-corrected chi connectivity index (χ0v) is 25.9. The monoisotopic (exact) mass is 570 g/mol. The number of hydrogen-bond donors (Lipinski definition) is 2. The molecule has 1 heterocycles. The Morgan fingerprint density at radius 2 is 1.74 bits per heavy atom. The first kappa shape index (κ1) is 29.4. The Morgan fingerprint density at radius 3 is 2.48 bits per heavy atom.